The van der Waals surface area contributed by atoms with Gasteiger partial charge in [0.2, 0.25) is 0 Å². The van der Waals surface area contributed by atoms with Gasteiger partial charge in [-0.2, -0.15) is 0 Å². The summed E-state index contributed by atoms with van der Waals surface area (Å²) >= 11 is 0. The molecule has 1 atom stereocenters. The Kier molecular flexibility index (Phi) is 3.67. The van der Waals surface area contributed by atoms with E-state index in [2.05, 4.69) is 24.0 Å². The zero-order valence-electron chi connectivity index (χ0n) is 10.2. The normalized spacial score (nSPS) is 21.0. The number of benzene rings is 1. The second-order valence-electron chi connectivity index (χ2n) is 4.74. The van der Waals surface area contributed by atoms with Crippen LogP contribution in [0.25, 0.3) is 0 Å². The maximum absolute atomic E-state index is 11.0. The molecule has 0 bridgehead atoms. The van der Waals surface area contributed by atoms with Gasteiger partial charge < -0.3 is 10.0 Å². The minimum atomic E-state index is -0.642. The van der Waals surface area contributed by atoms with E-state index in [1.54, 1.807) is 0 Å². The van der Waals surface area contributed by atoms with E-state index in [9.17, 15) is 4.79 Å². The smallest absolute Gasteiger partial charge is 0.306 e. The van der Waals surface area contributed by atoms with E-state index in [1.165, 1.54) is 11.3 Å². The van der Waals surface area contributed by atoms with Gasteiger partial charge in [0.1, 0.15) is 0 Å². The summed E-state index contributed by atoms with van der Waals surface area (Å²) in [5.74, 6) is -0.805. The molecule has 0 saturated carbocycles. The van der Waals surface area contributed by atoms with Crippen LogP contribution in [0.3, 0.4) is 0 Å². The lowest BCUT2D eigenvalue weighted by molar-refractivity contribution is -0.142. The zero-order chi connectivity index (χ0) is 12.3. The Hall–Kier alpha value is -1.51. The fourth-order valence-corrected chi connectivity index (χ4v) is 2.50. The molecule has 1 fully saturated rings. The maximum Gasteiger partial charge on any atom is 0.306 e. The van der Waals surface area contributed by atoms with E-state index < -0.39 is 5.97 Å². The van der Waals surface area contributed by atoms with Gasteiger partial charge in [-0.15, -0.1) is 0 Å². The van der Waals surface area contributed by atoms with Crippen molar-refractivity contribution in [3.8, 4) is 0 Å². The molecule has 1 N–H and O–H groups in total. The molecule has 1 aliphatic heterocycles. The average Bonchev–Trinajstić information content (AvgIpc) is 2.55. The van der Waals surface area contributed by atoms with Crippen LogP contribution in [0.1, 0.15) is 24.8 Å². The van der Waals surface area contributed by atoms with Gasteiger partial charge in [0.15, 0.2) is 0 Å². The van der Waals surface area contributed by atoms with Gasteiger partial charge in [-0.1, -0.05) is 18.2 Å². The summed E-state index contributed by atoms with van der Waals surface area (Å²) in [4.78, 5) is 13.3. The summed E-state index contributed by atoms with van der Waals surface area (Å²) in [5, 5.41) is 9.06. The van der Waals surface area contributed by atoms with Crippen LogP contribution in [0.4, 0.5) is 5.69 Å². The van der Waals surface area contributed by atoms with Gasteiger partial charge in [-0.25, -0.2) is 0 Å². The molecule has 0 aromatic heterocycles. The fourth-order valence-electron chi connectivity index (χ4n) is 2.50. The molecule has 0 aliphatic carbocycles. The molecule has 2 rings (SSSR count). The first-order valence-electron chi connectivity index (χ1n) is 6.22. The number of rotatable bonds is 2. The molecule has 92 valence electrons. The highest BCUT2D eigenvalue weighted by atomic mass is 16.4. The number of carboxylic acids is 1. The Morgan fingerprint density at radius 1 is 1.29 bits per heavy atom. The summed E-state index contributed by atoms with van der Waals surface area (Å²) < 4.78 is 0. The Balaban J connectivity index is 2.09. The van der Waals surface area contributed by atoms with Crippen molar-refractivity contribution in [1.29, 1.82) is 0 Å². The average molecular weight is 233 g/mol. The summed E-state index contributed by atoms with van der Waals surface area (Å²) in [6.07, 6.45) is 2.52. The van der Waals surface area contributed by atoms with E-state index in [-0.39, 0.29) is 5.92 Å². The van der Waals surface area contributed by atoms with Gasteiger partial charge in [0, 0.05) is 18.8 Å². The number of hydrogen-bond donors (Lipinski definition) is 1. The molecule has 1 heterocycles. The van der Waals surface area contributed by atoms with Crippen molar-refractivity contribution in [2.24, 2.45) is 5.92 Å². The predicted octanol–water partition coefficient (Wildman–Crippen LogP) is 2.69. The SMILES string of the molecule is Cc1ccccc1N1CCCC(C(=O)O)CC1. The van der Waals surface area contributed by atoms with Crippen LogP contribution in [0.5, 0.6) is 0 Å². The van der Waals surface area contributed by atoms with E-state index >= 15 is 0 Å². The molecule has 1 aromatic carbocycles. The lowest BCUT2D eigenvalue weighted by Gasteiger charge is -2.24. The predicted molar refractivity (Wildman–Crippen MR) is 68.4 cm³/mol. The molecule has 1 aliphatic rings. The first-order valence-corrected chi connectivity index (χ1v) is 6.22. The summed E-state index contributed by atoms with van der Waals surface area (Å²) in [6, 6.07) is 8.31. The van der Waals surface area contributed by atoms with Crippen molar-refractivity contribution in [1.82, 2.24) is 0 Å². The summed E-state index contributed by atoms with van der Waals surface area (Å²) in [6.45, 7) is 3.92. The van der Waals surface area contributed by atoms with Crippen LogP contribution >= 0.6 is 0 Å². The number of hydrogen-bond acceptors (Lipinski definition) is 2. The van der Waals surface area contributed by atoms with E-state index in [0.29, 0.717) is 0 Å². The van der Waals surface area contributed by atoms with Gasteiger partial charge in [-0.05, 0) is 37.8 Å². The highest BCUT2D eigenvalue weighted by Crippen LogP contribution is 2.25. The van der Waals surface area contributed by atoms with Crippen LogP contribution < -0.4 is 4.90 Å². The number of aryl methyl sites for hydroxylation is 1. The zero-order valence-corrected chi connectivity index (χ0v) is 10.2. The molecule has 17 heavy (non-hydrogen) atoms. The van der Waals surface area contributed by atoms with Crippen molar-refractivity contribution in [3.05, 3.63) is 29.8 Å². The first-order chi connectivity index (χ1) is 8.18. The molecular formula is C14H19NO2. The largest absolute Gasteiger partial charge is 0.481 e. The number of para-hydroxylation sites is 1. The minimum absolute atomic E-state index is 0.163. The van der Waals surface area contributed by atoms with Crippen molar-refractivity contribution >= 4 is 11.7 Å². The monoisotopic (exact) mass is 233 g/mol. The molecular weight excluding hydrogens is 214 g/mol. The van der Waals surface area contributed by atoms with Crippen molar-refractivity contribution in [2.45, 2.75) is 26.2 Å². The van der Waals surface area contributed by atoms with Crippen LogP contribution in [-0.2, 0) is 4.79 Å². The lowest BCUT2D eigenvalue weighted by Crippen LogP contribution is -2.25. The van der Waals surface area contributed by atoms with Crippen molar-refractivity contribution in [2.75, 3.05) is 18.0 Å². The molecule has 1 saturated heterocycles. The Morgan fingerprint density at radius 3 is 2.76 bits per heavy atom. The summed E-state index contributed by atoms with van der Waals surface area (Å²) in [7, 11) is 0. The molecule has 0 amide bonds. The molecule has 0 spiro atoms. The number of anilines is 1. The third-order valence-electron chi connectivity index (χ3n) is 3.53. The topological polar surface area (TPSA) is 40.5 Å². The van der Waals surface area contributed by atoms with E-state index in [4.69, 9.17) is 5.11 Å². The summed E-state index contributed by atoms with van der Waals surface area (Å²) in [5.41, 5.74) is 2.51. The van der Waals surface area contributed by atoms with Crippen LogP contribution in [0.2, 0.25) is 0 Å². The fraction of sp³-hybridized carbons (Fsp3) is 0.500. The van der Waals surface area contributed by atoms with Crippen LogP contribution in [-0.4, -0.2) is 24.2 Å². The third kappa shape index (κ3) is 2.78. The Morgan fingerprint density at radius 2 is 2.06 bits per heavy atom. The molecule has 3 nitrogen and oxygen atoms in total. The molecule has 1 aromatic rings. The second kappa shape index (κ2) is 5.21. The Labute approximate surface area is 102 Å². The standard InChI is InChI=1S/C14H19NO2/c1-11-5-2-3-7-13(11)15-9-4-6-12(8-10-15)14(16)17/h2-3,5,7,12H,4,6,8-10H2,1H3,(H,16,17). The number of carboxylic acid groups (broad SMARTS) is 1. The van der Waals surface area contributed by atoms with E-state index in [1.807, 2.05) is 12.1 Å². The highest BCUT2D eigenvalue weighted by Gasteiger charge is 2.22. The molecule has 0 radical (unpaired) electrons. The Bertz CT molecular complexity index is 403. The van der Waals surface area contributed by atoms with Gasteiger partial charge in [0.25, 0.3) is 0 Å². The quantitative estimate of drug-likeness (QED) is 0.853. The molecule has 3 heteroatoms. The molecule has 1 unspecified atom stereocenters. The van der Waals surface area contributed by atoms with E-state index in [0.717, 1.165) is 32.4 Å². The number of nitrogens with zero attached hydrogens (tertiary/aromatic N) is 1. The maximum atomic E-state index is 11.0. The van der Waals surface area contributed by atoms with Gasteiger partial charge in [-0.3, -0.25) is 4.79 Å². The lowest BCUT2D eigenvalue weighted by atomic mass is 10.0. The number of aliphatic carboxylic acids is 1. The van der Waals surface area contributed by atoms with Crippen molar-refractivity contribution < 1.29 is 9.90 Å². The first kappa shape index (κ1) is 12.0. The van der Waals surface area contributed by atoms with Gasteiger partial charge >= 0.3 is 5.97 Å². The third-order valence-corrected chi connectivity index (χ3v) is 3.53. The minimum Gasteiger partial charge on any atom is -0.481 e. The van der Waals surface area contributed by atoms with Crippen LogP contribution in [0, 0.1) is 12.8 Å². The second-order valence-corrected chi connectivity index (χ2v) is 4.74. The number of carbonyl (C=O) groups is 1. The highest BCUT2D eigenvalue weighted by molar-refractivity contribution is 5.70. The van der Waals surface area contributed by atoms with Crippen LogP contribution in [0.15, 0.2) is 24.3 Å². The van der Waals surface area contributed by atoms with Gasteiger partial charge in [0.05, 0.1) is 5.92 Å². The van der Waals surface area contributed by atoms with Crippen molar-refractivity contribution in [3.63, 3.8) is 0 Å².